The zero-order valence-corrected chi connectivity index (χ0v) is 18.4. The number of benzene rings is 1. The molecule has 1 aromatic rings. The van der Waals surface area contributed by atoms with E-state index in [1.54, 1.807) is 18.2 Å². The third kappa shape index (κ3) is 4.86. The minimum absolute atomic E-state index is 0.277. The summed E-state index contributed by atoms with van der Waals surface area (Å²) in [5.74, 6) is 0.709. The van der Waals surface area contributed by atoms with Crippen LogP contribution >= 0.6 is 0 Å². The quantitative estimate of drug-likeness (QED) is 0.671. The van der Waals surface area contributed by atoms with Gasteiger partial charge in [-0.05, 0) is 63.7 Å². The summed E-state index contributed by atoms with van der Waals surface area (Å²) in [5.41, 5.74) is 0.644. The van der Waals surface area contributed by atoms with Gasteiger partial charge in [0.2, 0.25) is 5.91 Å². The van der Waals surface area contributed by atoms with Gasteiger partial charge in [0.05, 0.1) is 4.90 Å². The maximum absolute atomic E-state index is 12.5. The van der Waals surface area contributed by atoms with Crippen molar-refractivity contribution in [2.24, 2.45) is 4.99 Å². The molecule has 0 bridgehead atoms. The Hall–Kier alpha value is -1.93. The lowest BCUT2D eigenvalue weighted by Gasteiger charge is -2.36. The van der Waals surface area contributed by atoms with E-state index in [4.69, 9.17) is 0 Å². The molecule has 3 aliphatic heterocycles. The molecule has 30 heavy (non-hydrogen) atoms. The molecule has 0 saturated carbocycles. The monoisotopic (exact) mass is 432 g/mol. The van der Waals surface area contributed by atoms with Crippen molar-refractivity contribution in [3.63, 3.8) is 0 Å². The minimum Gasteiger partial charge on any atom is -0.343 e. The Kier molecular flexibility index (Phi) is 6.73. The molecule has 0 aliphatic carbocycles. The molecule has 2 saturated heterocycles. The normalized spacial score (nSPS) is 22.9. The van der Waals surface area contributed by atoms with Crippen LogP contribution in [0.3, 0.4) is 0 Å². The van der Waals surface area contributed by atoms with Crippen LogP contribution in [-0.4, -0.2) is 68.7 Å². The molecule has 1 aromatic carbocycles. The molecule has 0 atom stereocenters. The number of fused-ring (bicyclic) bond motifs is 1. The van der Waals surface area contributed by atoms with Crippen LogP contribution in [0.15, 0.2) is 34.2 Å². The average molecular weight is 433 g/mol. The summed E-state index contributed by atoms with van der Waals surface area (Å²) >= 11 is 0. The molecular formula is C22H32N4O3S. The largest absolute Gasteiger partial charge is 0.343 e. The third-order valence-electron chi connectivity index (χ3n) is 6.46. The second kappa shape index (κ2) is 9.47. The number of piperidine rings is 1. The van der Waals surface area contributed by atoms with Gasteiger partial charge in [0, 0.05) is 37.7 Å². The molecular weight excluding hydrogens is 400 g/mol. The molecule has 0 aromatic heterocycles. The number of nitrogens with zero attached hydrogens (tertiary/aromatic N) is 3. The van der Waals surface area contributed by atoms with Crippen molar-refractivity contribution in [3.05, 3.63) is 29.8 Å². The summed E-state index contributed by atoms with van der Waals surface area (Å²) in [5, 5.41) is 0. The highest BCUT2D eigenvalue weighted by Crippen LogP contribution is 2.23. The maximum Gasteiger partial charge on any atom is 0.263 e. The molecule has 164 valence electrons. The van der Waals surface area contributed by atoms with Crippen LogP contribution in [0.25, 0.3) is 0 Å². The van der Waals surface area contributed by atoms with Crippen LogP contribution in [-0.2, 0) is 14.8 Å². The summed E-state index contributed by atoms with van der Waals surface area (Å²) in [6, 6.07) is 7.58. The molecule has 0 radical (unpaired) electrons. The molecule has 0 unspecified atom stereocenters. The summed E-state index contributed by atoms with van der Waals surface area (Å²) in [6.07, 6.45) is 8.09. The minimum atomic E-state index is -3.47. The number of nitrogens with one attached hydrogen (secondary N) is 1. The number of hydrogen-bond acceptors (Lipinski definition) is 5. The highest BCUT2D eigenvalue weighted by molar-refractivity contribution is 7.90. The molecule has 1 N–H and O–H groups in total. The van der Waals surface area contributed by atoms with Crippen LogP contribution in [0.4, 0.5) is 0 Å². The lowest BCUT2D eigenvalue weighted by atomic mass is 10.0. The average Bonchev–Trinajstić information content (AvgIpc) is 3.38. The number of likely N-dealkylation sites (tertiary alicyclic amines) is 2. The van der Waals surface area contributed by atoms with E-state index >= 15 is 0 Å². The first-order valence-electron chi connectivity index (χ1n) is 11.2. The number of sulfonamides is 1. The lowest BCUT2D eigenvalue weighted by Crippen LogP contribution is -2.45. The van der Waals surface area contributed by atoms with E-state index in [0.29, 0.717) is 35.3 Å². The number of amidine groups is 1. The van der Waals surface area contributed by atoms with Crippen LogP contribution in [0, 0.1) is 0 Å². The van der Waals surface area contributed by atoms with Gasteiger partial charge in [0.1, 0.15) is 5.84 Å². The first-order chi connectivity index (χ1) is 14.5. The van der Waals surface area contributed by atoms with Crippen LogP contribution in [0.2, 0.25) is 0 Å². The Morgan fingerprint density at radius 3 is 2.53 bits per heavy atom. The molecule has 3 heterocycles. The molecule has 1 amide bonds. The van der Waals surface area contributed by atoms with Crippen molar-refractivity contribution < 1.29 is 13.2 Å². The second-order valence-corrected chi connectivity index (χ2v) is 10.1. The number of carbonyl (C=O) groups excluding carboxylic acids is 1. The summed E-state index contributed by atoms with van der Waals surface area (Å²) in [7, 11) is -3.47. The first-order valence-corrected chi connectivity index (χ1v) is 12.7. The fourth-order valence-electron chi connectivity index (χ4n) is 4.75. The van der Waals surface area contributed by atoms with Gasteiger partial charge in [-0.1, -0.05) is 18.6 Å². The fourth-order valence-corrected chi connectivity index (χ4v) is 6.00. The number of unbranched alkanes of at least 4 members (excludes halogenated alkanes) is 2. The predicted molar refractivity (Wildman–Crippen MR) is 117 cm³/mol. The zero-order valence-electron chi connectivity index (χ0n) is 17.6. The summed E-state index contributed by atoms with van der Waals surface area (Å²) < 4.78 is 26.7. The van der Waals surface area contributed by atoms with Crippen molar-refractivity contribution in [3.8, 4) is 0 Å². The van der Waals surface area contributed by atoms with Gasteiger partial charge >= 0.3 is 0 Å². The van der Waals surface area contributed by atoms with Crippen molar-refractivity contribution >= 4 is 21.8 Å². The standard InChI is InChI=1S/C22H32N4O3S/c27-21(26-16-11-18(12-17-26)25-14-6-7-15-25)10-2-1-5-13-23-22-19-8-3-4-9-20(19)30(28,29)24-22/h3-4,8-9,18H,1-2,5-7,10-17H2,(H,23,24). The number of rotatable bonds is 7. The van der Waals surface area contributed by atoms with Crippen molar-refractivity contribution in [1.29, 1.82) is 0 Å². The fraction of sp³-hybridized carbons (Fsp3) is 0.636. The molecule has 2 fully saturated rings. The number of aliphatic imine (C=N–C) groups is 1. The predicted octanol–water partition coefficient (Wildman–Crippen LogP) is 2.37. The van der Waals surface area contributed by atoms with Gasteiger partial charge in [-0.15, -0.1) is 0 Å². The number of carbonyl (C=O) groups is 1. The Labute approximate surface area is 179 Å². The molecule has 3 aliphatic rings. The van der Waals surface area contributed by atoms with E-state index in [0.717, 1.165) is 45.2 Å². The van der Waals surface area contributed by atoms with Gasteiger partial charge in [-0.3, -0.25) is 14.5 Å². The van der Waals surface area contributed by atoms with Crippen LogP contribution < -0.4 is 4.72 Å². The Morgan fingerprint density at radius 1 is 1.03 bits per heavy atom. The molecule has 7 nitrogen and oxygen atoms in total. The summed E-state index contributed by atoms with van der Waals surface area (Å²) in [4.78, 5) is 21.9. The van der Waals surface area contributed by atoms with Crippen molar-refractivity contribution in [2.75, 3.05) is 32.7 Å². The van der Waals surface area contributed by atoms with Gasteiger partial charge in [-0.2, -0.15) is 0 Å². The topological polar surface area (TPSA) is 82.1 Å². The van der Waals surface area contributed by atoms with Crippen LogP contribution in [0.5, 0.6) is 0 Å². The molecule has 4 rings (SSSR count). The zero-order chi connectivity index (χ0) is 21.0. The van der Waals surface area contributed by atoms with Gasteiger partial charge in [0.25, 0.3) is 10.0 Å². The number of hydrogen-bond donors (Lipinski definition) is 1. The SMILES string of the molecule is O=C(CCCCCN=C1NS(=O)(=O)c2ccccc21)N1CCC(N2CCCC2)CC1. The Balaban J connectivity index is 1.14. The summed E-state index contributed by atoms with van der Waals surface area (Å²) in [6.45, 7) is 4.81. The Bertz CT molecular complexity index is 885. The molecule has 0 spiro atoms. The number of amides is 1. The lowest BCUT2D eigenvalue weighted by molar-refractivity contribution is -0.132. The third-order valence-corrected chi connectivity index (χ3v) is 7.85. The van der Waals surface area contributed by atoms with E-state index in [2.05, 4.69) is 14.6 Å². The van der Waals surface area contributed by atoms with Crippen molar-refractivity contribution in [1.82, 2.24) is 14.5 Å². The molecule has 8 heteroatoms. The van der Waals surface area contributed by atoms with E-state index < -0.39 is 10.0 Å². The van der Waals surface area contributed by atoms with E-state index in [-0.39, 0.29) is 5.91 Å². The second-order valence-electron chi connectivity index (χ2n) is 8.50. The maximum atomic E-state index is 12.5. The van der Waals surface area contributed by atoms with Gasteiger partial charge < -0.3 is 9.80 Å². The van der Waals surface area contributed by atoms with Gasteiger partial charge in [-0.25, -0.2) is 8.42 Å². The van der Waals surface area contributed by atoms with E-state index in [1.165, 1.54) is 25.9 Å². The first kappa shape index (κ1) is 21.3. The highest BCUT2D eigenvalue weighted by Gasteiger charge is 2.30. The highest BCUT2D eigenvalue weighted by atomic mass is 32.2. The Morgan fingerprint density at radius 2 is 1.77 bits per heavy atom. The van der Waals surface area contributed by atoms with E-state index in [9.17, 15) is 13.2 Å². The van der Waals surface area contributed by atoms with Crippen molar-refractivity contribution in [2.45, 2.75) is 62.3 Å². The van der Waals surface area contributed by atoms with Gasteiger partial charge in [0.15, 0.2) is 0 Å². The van der Waals surface area contributed by atoms with E-state index in [1.807, 2.05) is 11.0 Å². The van der Waals surface area contributed by atoms with Crippen LogP contribution in [0.1, 0.15) is 56.9 Å². The smallest absolute Gasteiger partial charge is 0.263 e.